The molecule has 0 atom stereocenters. The summed E-state index contributed by atoms with van der Waals surface area (Å²) in [6, 6.07) is 8.87. The predicted molar refractivity (Wildman–Crippen MR) is 50.2 cm³/mol. The summed E-state index contributed by atoms with van der Waals surface area (Å²) < 4.78 is 9.90. The van der Waals surface area contributed by atoms with Crippen LogP contribution in [0.2, 0.25) is 0 Å². The highest BCUT2D eigenvalue weighted by Gasteiger charge is 2.21. The molecule has 0 saturated carbocycles. The minimum Gasteiger partial charge on any atom is -0.428 e. The van der Waals surface area contributed by atoms with Crippen molar-refractivity contribution in [1.29, 1.82) is 0 Å². The van der Waals surface area contributed by atoms with Crippen molar-refractivity contribution in [3.63, 3.8) is 0 Å². The number of benzene rings is 1. The van der Waals surface area contributed by atoms with E-state index in [1.165, 1.54) is 0 Å². The lowest BCUT2D eigenvalue weighted by Crippen LogP contribution is -2.49. The van der Waals surface area contributed by atoms with Gasteiger partial charge in [0.1, 0.15) is 11.9 Å². The van der Waals surface area contributed by atoms with Crippen molar-refractivity contribution in [3.8, 4) is 5.75 Å². The number of ether oxygens (including phenoxy) is 2. The van der Waals surface area contributed by atoms with Crippen LogP contribution < -0.4 is 10.1 Å². The van der Waals surface area contributed by atoms with Gasteiger partial charge in [-0.05, 0) is 12.1 Å². The van der Waals surface area contributed by atoms with E-state index in [1.807, 2.05) is 6.07 Å². The van der Waals surface area contributed by atoms with Crippen LogP contribution in [-0.2, 0) is 4.74 Å². The van der Waals surface area contributed by atoms with E-state index in [0.29, 0.717) is 18.8 Å². The molecule has 1 aliphatic heterocycles. The Morgan fingerprint density at radius 1 is 1.29 bits per heavy atom. The quantitative estimate of drug-likeness (QED) is 0.566. The maximum atomic E-state index is 11.1. The fourth-order valence-corrected chi connectivity index (χ4v) is 1.09. The summed E-state index contributed by atoms with van der Waals surface area (Å²) in [4.78, 5) is 11.1. The molecule has 4 nitrogen and oxygen atoms in total. The number of rotatable bonds is 2. The molecule has 0 spiro atoms. The minimum absolute atomic E-state index is 0.0359. The topological polar surface area (TPSA) is 47.6 Å². The molecule has 0 aromatic heterocycles. The fourth-order valence-electron chi connectivity index (χ4n) is 1.09. The molecule has 1 saturated heterocycles. The molecule has 2 rings (SSSR count). The molecule has 1 fully saturated rings. The molecule has 0 radical (unpaired) electrons. The Labute approximate surface area is 81.8 Å². The molecule has 1 aromatic rings. The van der Waals surface area contributed by atoms with E-state index >= 15 is 0 Å². The molecule has 0 amide bonds. The SMILES string of the molecule is O=C(Oc1ccccc1)OC1CNC1. The van der Waals surface area contributed by atoms with Crippen LogP contribution >= 0.6 is 0 Å². The van der Waals surface area contributed by atoms with Crippen LogP contribution in [0, 0.1) is 0 Å². The van der Waals surface area contributed by atoms with Gasteiger partial charge in [0, 0.05) is 13.1 Å². The van der Waals surface area contributed by atoms with E-state index in [1.54, 1.807) is 24.3 Å². The molecule has 1 heterocycles. The van der Waals surface area contributed by atoms with E-state index in [-0.39, 0.29) is 6.10 Å². The maximum absolute atomic E-state index is 11.1. The lowest BCUT2D eigenvalue weighted by atomic mass is 10.2. The first kappa shape index (κ1) is 9.02. The number of hydrogen-bond donors (Lipinski definition) is 1. The van der Waals surface area contributed by atoms with Gasteiger partial charge in [-0.15, -0.1) is 0 Å². The van der Waals surface area contributed by atoms with Gasteiger partial charge in [-0.25, -0.2) is 4.79 Å². The number of carbonyl (C=O) groups excluding carboxylic acids is 1. The van der Waals surface area contributed by atoms with Crippen molar-refractivity contribution >= 4 is 6.16 Å². The summed E-state index contributed by atoms with van der Waals surface area (Å²) in [7, 11) is 0. The van der Waals surface area contributed by atoms with Crippen LogP contribution in [-0.4, -0.2) is 25.3 Å². The Balaban J connectivity index is 1.82. The molecule has 1 aliphatic rings. The zero-order chi connectivity index (χ0) is 9.80. The zero-order valence-corrected chi connectivity index (χ0v) is 7.60. The van der Waals surface area contributed by atoms with E-state index in [0.717, 1.165) is 0 Å². The van der Waals surface area contributed by atoms with Crippen molar-refractivity contribution in [2.75, 3.05) is 13.1 Å². The fraction of sp³-hybridized carbons (Fsp3) is 0.300. The second-order valence-corrected chi connectivity index (χ2v) is 3.06. The highest BCUT2D eigenvalue weighted by molar-refractivity contribution is 5.64. The Hall–Kier alpha value is -1.55. The van der Waals surface area contributed by atoms with Gasteiger partial charge in [-0.1, -0.05) is 18.2 Å². The average molecular weight is 193 g/mol. The summed E-state index contributed by atoms with van der Waals surface area (Å²) >= 11 is 0. The van der Waals surface area contributed by atoms with Crippen molar-refractivity contribution in [2.45, 2.75) is 6.10 Å². The van der Waals surface area contributed by atoms with Gasteiger partial charge in [0.25, 0.3) is 0 Å². The van der Waals surface area contributed by atoms with Crippen LogP contribution in [0.25, 0.3) is 0 Å². The molecule has 0 aliphatic carbocycles. The third-order valence-electron chi connectivity index (χ3n) is 1.95. The van der Waals surface area contributed by atoms with Crippen LogP contribution in [0.5, 0.6) is 5.75 Å². The smallest absolute Gasteiger partial charge is 0.428 e. The molecule has 74 valence electrons. The van der Waals surface area contributed by atoms with Crippen LogP contribution in [0.1, 0.15) is 0 Å². The lowest BCUT2D eigenvalue weighted by molar-refractivity contribution is 0.0349. The predicted octanol–water partition coefficient (Wildman–Crippen LogP) is 1.17. The molecule has 1 N–H and O–H groups in total. The minimum atomic E-state index is -0.636. The van der Waals surface area contributed by atoms with Crippen LogP contribution in [0.15, 0.2) is 30.3 Å². The van der Waals surface area contributed by atoms with Gasteiger partial charge in [0.15, 0.2) is 0 Å². The third kappa shape index (κ3) is 2.23. The molecule has 4 heteroatoms. The Morgan fingerprint density at radius 2 is 2.00 bits per heavy atom. The second kappa shape index (κ2) is 4.11. The molecule has 1 aromatic carbocycles. The summed E-state index contributed by atoms with van der Waals surface area (Å²) in [5, 5.41) is 3.00. The van der Waals surface area contributed by atoms with Crippen molar-refractivity contribution < 1.29 is 14.3 Å². The van der Waals surface area contributed by atoms with Gasteiger partial charge in [0.05, 0.1) is 0 Å². The Kier molecular flexibility index (Phi) is 2.65. The third-order valence-corrected chi connectivity index (χ3v) is 1.95. The van der Waals surface area contributed by atoms with E-state index in [2.05, 4.69) is 5.32 Å². The molecule has 0 bridgehead atoms. The summed E-state index contributed by atoms with van der Waals surface area (Å²) in [5.74, 6) is 0.504. The van der Waals surface area contributed by atoms with Crippen molar-refractivity contribution in [1.82, 2.24) is 5.32 Å². The first-order valence-corrected chi connectivity index (χ1v) is 4.49. The van der Waals surface area contributed by atoms with Gasteiger partial charge in [-0.2, -0.15) is 0 Å². The molecular formula is C10H11NO3. The Morgan fingerprint density at radius 3 is 2.57 bits per heavy atom. The maximum Gasteiger partial charge on any atom is 0.514 e. The van der Waals surface area contributed by atoms with Gasteiger partial charge >= 0.3 is 6.16 Å². The van der Waals surface area contributed by atoms with E-state index < -0.39 is 6.16 Å². The number of hydrogen-bond acceptors (Lipinski definition) is 4. The second-order valence-electron chi connectivity index (χ2n) is 3.06. The monoisotopic (exact) mass is 193 g/mol. The Bertz CT molecular complexity index is 308. The average Bonchev–Trinajstić information content (AvgIpc) is 2.13. The largest absolute Gasteiger partial charge is 0.514 e. The van der Waals surface area contributed by atoms with E-state index in [4.69, 9.17) is 9.47 Å². The van der Waals surface area contributed by atoms with Gasteiger partial charge < -0.3 is 14.8 Å². The summed E-state index contributed by atoms with van der Waals surface area (Å²) in [6.07, 6.45) is -0.672. The van der Waals surface area contributed by atoms with E-state index in [9.17, 15) is 4.79 Å². The molecular weight excluding hydrogens is 182 g/mol. The van der Waals surface area contributed by atoms with Gasteiger partial charge in [0.2, 0.25) is 0 Å². The number of nitrogens with one attached hydrogen (secondary N) is 1. The normalized spacial score (nSPS) is 15.7. The first-order valence-electron chi connectivity index (χ1n) is 4.49. The van der Waals surface area contributed by atoms with Crippen molar-refractivity contribution in [3.05, 3.63) is 30.3 Å². The van der Waals surface area contributed by atoms with Gasteiger partial charge in [-0.3, -0.25) is 0 Å². The van der Waals surface area contributed by atoms with Crippen molar-refractivity contribution in [2.24, 2.45) is 0 Å². The van der Waals surface area contributed by atoms with Crippen LogP contribution in [0.3, 0.4) is 0 Å². The molecule has 14 heavy (non-hydrogen) atoms. The van der Waals surface area contributed by atoms with Crippen LogP contribution in [0.4, 0.5) is 4.79 Å². The zero-order valence-electron chi connectivity index (χ0n) is 7.60. The lowest BCUT2D eigenvalue weighted by Gasteiger charge is -2.25. The summed E-state index contributed by atoms with van der Waals surface area (Å²) in [6.45, 7) is 1.42. The molecule has 0 unspecified atom stereocenters. The summed E-state index contributed by atoms with van der Waals surface area (Å²) in [5.41, 5.74) is 0. The highest BCUT2D eigenvalue weighted by atomic mass is 16.7. The standard InChI is InChI=1S/C10H11NO3/c12-10(14-9-6-11-7-9)13-8-4-2-1-3-5-8/h1-5,9,11H,6-7H2. The highest BCUT2D eigenvalue weighted by Crippen LogP contribution is 2.10. The number of carbonyl (C=O) groups is 1. The first-order chi connectivity index (χ1) is 6.84. The number of para-hydroxylation sites is 1.